The molecule has 0 spiro atoms. The van der Waals surface area contributed by atoms with Crippen LogP contribution in [0.3, 0.4) is 0 Å². The van der Waals surface area contributed by atoms with Crippen LogP contribution in [0.15, 0.2) is 46.2 Å². The van der Waals surface area contributed by atoms with E-state index in [1.807, 2.05) is 30.8 Å². The third-order valence-electron chi connectivity index (χ3n) is 6.41. The Hall–Kier alpha value is -1.31. The minimum atomic E-state index is -0.209. The molecular weight excluding hydrogens is 486 g/mol. The summed E-state index contributed by atoms with van der Waals surface area (Å²) in [5, 5.41) is 0. The number of esters is 1. The van der Waals surface area contributed by atoms with Crippen molar-refractivity contribution in [3.63, 3.8) is 0 Å². The predicted molar refractivity (Wildman–Crippen MR) is 147 cm³/mol. The van der Waals surface area contributed by atoms with Crippen molar-refractivity contribution in [2.45, 2.75) is 62.0 Å². The molecule has 1 unspecified atom stereocenters. The number of ether oxygens (including phenoxy) is 1. The predicted octanol–water partition coefficient (Wildman–Crippen LogP) is 8.17. The fourth-order valence-electron chi connectivity index (χ4n) is 4.31. The SMILES string of the molecule is CCCCC1(CC)CSc2cc(CSCC(=O)OCC)c(SC)cc2N(c2ccc(F)cc2)C1. The first-order valence-electron chi connectivity index (χ1n) is 12.1. The van der Waals surface area contributed by atoms with Crippen molar-refractivity contribution in [3.05, 3.63) is 47.8 Å². The van der Waals surface area contributed by atoms with Gasteiger partial charge in [0.15, 0.2) is 0 Å². The molecule has 0 bridgehead atoms. The summed E-state index contributed by atoms with van der Waals surface area (Å²) in [6, 6.07) is 11.5. The molecule has 2 aromatic rings. The summed E-state index contributed by atoms with van der Waals surface area (Å²) in [5.74, 6) is 1.84. The van der Waals surface area contributed by atoms with Crippen LogP contribution < -0.4 is 4.90 Å². The van der Waals surface area contributed by atoms with Crippen LogP contribution >= 0.6 is 35.3 Å². The number of rotatable bonds is 11. The van der Waals surface area contributed by atoms with Crippen LogP contribution in [0.25, 0.3) is 0 Å². The molecule has 0 aliphatic carbocycles. The highest BCUT2D eigenvalue weighted by molar-refractivity contribution is 8.00. The molecular formula is C27H36FNO2S3. The van der Waals surface area contributed by atoms with Crippen LogP contribution in [0.1, 0.15) is 52.0 Å². The van der Waals surface area contributed by atoms with Gasteiger partial charge >= 0.3 is 5.97 Å². The highest BCUT2D eigenvalue weighted by atomic mass is 32.2. The molecule has 186 valence electrons. The van der Waals surface area contributed by atoms with Gasteiger partial charge in [-0.05, 0) is 73.4 Å². The molecule has 0 saturated carbocycles. The maximum absolute atomic E-state index is 13.7. The van der Waals surface area contributed by atoms with Crippen molar-refractivity contribution in [1.29, 1.82) is 0 Å². The maximum atomic E-state index is 13.7. The minimum Gasteiger partial charge on any atom is -0.465 e. The lowest BCUT2D eigenvalue weighted by atomic mass is 9.81. The Kier molecular flexibility index (Phi) is 10.5. The number of hydrogen-bond donors (Lipinski definition) is 0. The average Bonchev–Trinajstić information content (AvgIpc) is 3.00. The van der Waals surface area contributed by atoms with Gasteiger partial charge in [0.25, 0.3) is 0 Å². The summed E-state index contributed by atoms with van der Waals surface area (Å²) in [6.45, 7) is 7.74. The van der Waals surface area contributed by atoms with E-state index in [-0.39, 0.29) is 17.2 Å². The molecule has 0 radical (unpaired) electrons. The number of unbranched alkanes of at least 4 members (excludes halogenated alkanes) is 1. The van der Waals surface area contributed by atoms with Crippen LogP contribution in [0.4, 0.5) is 15.8 Å². The highest BCUT2D eigenvalue weighted by Crippen LogP contribution is 2.48. The van der Waals surface area contributed by atoms with Crippen LogP contribution in [0.2, 0.25) is 0 Å². The molecule has 0 N–H and O–H groups in total. The highest BCUT2D eigenvalue weighted by Gasteiger charge is 2.35. The molecule has 1 atom stereocenters. The molecule has 7 heteroatoms. The number of hydrogen-bond acceptors (Lipinski definition) is 6. The quantitative estimate of drug-likeness (QED) is 0.219. The van der Waals surface area contributed by atoms with Gasteiger partial charge in [-0.15, -0.1) is 35.3 Å². The number of nitrogens with zero attached hydrogens (tertiary/aromatic N) is 1. The Morgan fingerprint density at radius 3 is 2.62 bits per heavy atom. The first-order chi connectivity index (χ1) is 16.4. The number of carbonyl (C=O) groups is 1. The second kappa shape index (κ2) is 13.1. The molecule has 0 aromatic heterocycles. The van der Waals surface area contributed by atoms with Gasteiger partial charge in [-0.1, -0.05) is 26.7 Å². The lowest BCUT2D eigenvalue weighted by Crippen LogP contribution is -2.36. The van der Waals surface area contributed by atoms with Gasteiger partial charge in [0.05, 0.1) is 18.0 Å². The summed E-state index contributed by atoms with van der Waals surface area (Å²) in [7, 11) is 0. The van der Waals surface area contributed by atoms with E-state index in [1.165, 1.54) is 40.3 Å². The van der Waals surface area contributed by atoms with Gasteiger partial charge < -0.3 is 9.64 Å². The number of carbonyl (C=O) groups excluding carboxylic acids is 1. The van der Waals surface area contributed by atoms with E-state index in [2.05, 4.69) is 37.1 Å². The molecule has 1 heterocycles. The van der Waals surface area contributed by atoms with Crippen LogP contribution in [-0.4, -0.2) is 36.9 Å². The monoisotopic (exact) mass is 521 g/mol. The Morgan fingerprint density at radius 2 is 1.97 bits per heavy atom. The number of halogens is 1. The summed E-state index contributed by atoms with van der Waals surface area (Å²) in [4.78, 5) is 16.7. The van der Waals surface area contributed by atoms with E-state index in [9.17, 15) is 9.18 Å². The maximum Gasteiger partial charge on any atom is 0.315 e. The minimum absolute atomic E-state index is 0.159. The summed E-state index contributed by atoms with van der Waals surface area (Å²) in [6.07, 6.45) is 6.81. The summed E-state index contributed by atoms with van der Waals surface area (Å²) < 4.78 is 18.8. The second-order valence-corrected chi connectivity index (χ2v) is 11.6. The number of thioether (sulfide) groups is 3. The van der Waals surface area contributed by atoms with Gasteiger partial charge in [-0.25, -0.2) is 4.39 Å². The molecule has 0 amide bonds. The van der Waals surface area contributed by atoms with E-state index in [4.69, 9.17) is 4.74 Å². The van der Waals surface area contributed by atoms with Crippen molar-refractivity contribution in [2.75, 3.05) is 35.8 Å². The largest absolute Gasteiger partial charge is 0.465 e. The standard InChI is InChI=1S/C27H36FNO2S3/c1-5-8-13-27(6-2)18-29(22-11-9-21(28)10-12-22)23-15-24(32-4)20(14-25(23)34-19-27)16-33-17-26(30)31-7-3/h9-12,14-15H,5-8,13,16-19H2,1-4H3. The van der Waals surface area contributed by atoms with E-state index >= 15 is 0 Å². The van der Waals surface area contributed by atoms with Gasteiger partial charge in [0, 0.05) is 33.5 Å². The first kappa shape index (κ1) is 27.3. The third-order valence-corrected chi connectivity index (χ3v) is 9.58. The normalized spacial score (nSPS) is 17.9. The molecule has 1 aliphatic rings. The Labute approximate surface area is 217 Å². The lowest BCUT2D eigenvalue weighted by Gasteiger charge is -2.37. The zero-order valence-corrected chi connectivity index (χ0v) is 23.1. The first-order valence-corrected chi connectivity index (χ1v) is 15.4. The molecule has 3 rings (SSSR count). The van der Waals surface area contributed by atoms with E-state index in [0.29, 0.717) is 12.4 Å². The molecule has 0 saturated heterocycles. The van der Waals surface area contributed by atoms with Crippen LogP contribution in [0.5, 0.6) is 0 Å². The van der Waals surface area contributed by atoms with Gasteiger partial charge in [0.2, 0.25) is 0 Å². The zero-order valence-electron chi connectivity index (χ0n) is 20.7. The van der Waals surface area contributed by atoms with Crippen molar-refractivity contribution >= 4 is 52.6 Å². The smallest absolute Gasteiger partial charge is 0.315 e. The number of benzene rings is 2. The summed E-state index contributed by atoms with van der Waals surface area (Å²) >= 11 is 5.29. The second-order valence-electron chi connectivity index (χ2n) is 8.74. The van der Waals surface area contributed by atoms with Crippen molar-refractivity contribution < 1.29 is 13.9 Å². The van der Waals surface area contributed by atoms with Crippen molar-refractivity contribution in [1.82, 2.24) is 0 Å². The van der Waals surface area contributed by atoms with Crippen molar-refractivity contribution in [2.24, 2.45) is 5.41 Å². The van der Waals surface area contributed by atoms with Gasteiger partial charge in [0.1, 0.15) is 5.82 Å². The third kappa shape index (κ3) is 6.88. The van der Waals surface area contributed by atoms with Gasteiger partial charge in [-0.3, -0.25) is 4.79 Å². The lowest BCUT2D eigenvalue weighted by molar-refractivity contribution is -0.139. The molecule has 1 aliphatic heterocycles. The molecule has 2 aromatic carbocycles. The number of anilines is 2. The molecule has 0 fully saturated rings. The Balaban J connectivity index is 1.98. The van der Waals surface area contributed by atoms with E-state index < -0.39 is 0 Å². The molecule has 34 heavy (non-hydrogen) atoms. The zero-order chi connectivity index (χ0) is 24.6. The van der Waals surface area contributed by atoms with E-state index in [0.717, 1.165) is 30.2 Å². The average molecular weight is 522 g/mol. The Bertz CT molecular complexity index is 954. The van der Waals surface area contributed by atoms with E-state index in [1.54, 1.807) is 35.7 Å². The Morgan fingerprint density at radius 1 is 1.21 bits per heavy atom. The summed E-state index contributed by atoms with van der Waals surface area (Å²) in [5.41, 5.74) is 3.69. The van der Waals surface area contributed by atoms with Gasteiger partial charge in [-0.2, -0.15) is 0 Å². The van der Waals surface area contributed by atoms with Crippen LogP contribution in [0, 0.1) is 11.2 Å². The molecule has 3 nitrogen and oxygen atoms in total. The fraction of sp³-hybridized carbons (Fsp3) is 0.519. The fourth-order valence-corrected chi connectivity index (χ4v) is 7.28. The van der Waals surface area contributed by atoms with Crippen LogP contribution in [-0.2, 0) is 15.3 Å². The topological polar surface area (TPSA) is 29.5 Å². The van der Waals surface area contributed by atoms with Crippen molar-refractivity contribution in [3.8, 4) is 0 Å². The number of fused-ring (bicyclic) bond motifs is 1.